The topological polar surface area (TPSA) is 12.0 Å². The van der Waals surface area contributed by atoms with Gasteiger partial charge in [0.05, 0.1) is 0 Å². The van der Waals surface area contributed by atoms with Crippen LogP contribution in [0.5, 0.6) is 0 Å². The van der Waals surface area contributed by atoms with Crippen LogP contribution in [0.4, 0.5) is 5.69 Å². The highest BCUT2D eigenvalue weighted by Gasteiger charge is 2.20. The fraction of sp³-hybridized carbons (Fsp3) is 0.571. The van der Waals surface area contributed by atoms with E-state index in [4.69, 9.17) is 11.6 Å². The first-order valence-corrected chi connectivity index (χ1v) is 6.56. The number of hydrogen-bond acceptors (Lipinski definition) is 1. The Morgan fingerprint density at radius 1 is 1.44 bits per heavy atom. The first-order chi connectivity index (χ1) is 7.66. The van der Waals surface area contributed by atoms with Crippen molar-refractivity contribution in [2.24, 2.45) is 5.92 Å². The molecule has 0 aliphatic heterocycles. The summed E-state index contributed by atoms with van der Waals surface area (Å²) in [5.41, 5.74) is 2.34. The number of nitrogens with one attached hydrogen (secondary N) is 1. The minimum Gasteiger partial charge on any atom is -0.382 e. The van der Waals surface area contributed by atoms with E-state index in [0.29, 0.717) is 6.04 Å². The maximum absolute atomic E-state index is 6.10. The molecule has 1 nitrogen and oxygen atoms in total. The van der Waals surface area contributed by atoms with E-state index in [1.165, 1.54) is 31.4 Å². The molecule has 0 aromatic heterocycles. The van der Waals surface area contributed by atoms with Gasteiger partial charge in [-0.3, -0.25) is 0 Å². The molecule has 2 rings (SSSR count). The minimum atomic E-state index is 0.544. The standard InChI is InChI=1S/C14H20ClN/c1-10(9-12-5-3-6-12)16-14-8-4-7-13(15)11(14)2/h4,7-8,10,12,16H,3,5-6,9H2,1-2H3. The van der Waals surface area contributed by atoms with E-state index in [1.54, 1.807) is 0 Å². The third-order valence-corrected chi connectivity index (χ3v) is 3.99. The maximum Gasteiger partial charge on any atom is 0.0455 e. The van der Waals surface area contributed by atoms with Crippen LogP contribution in [0.25, 0.3) is 0 Å². The summed E-state index contributed by atoms with van der Waals surface area (Å²) in [7, 11) is 0. The molecule has 1 fully saturated rings. The number of benzene rings is 1. The van der Waals surface area contributed by atoms with Gasteiger partial charge in [0.1, 0.15) is 0 Å². The molecule has 1 unspecified atom stereocenters. The van der Waals surface area contributed by atoms with Gasteiger partial charge < -0.3 is 5.32 Å². The lowest BCUT2D eigenvalue weighted by Crippen LogP contribution is -2.23. The van der Waals surface area contributed by atoms with E-state index in [9.17, 15) is 0 Å². The smallest absolute Gasteiger partial charge is 0.0455 e. The van der Waals surface area contributed by atoms with Gasteiger partial charge in [-0.15, -0.1) is 0 Å². The van der Waals surface area contributed by atoms with E-state index < -0.39 is 0 Å². The number of rotatable bonds is 4. The molecule has 1 atom stereocenters. The zero-order chi connectivity index (χ0) is 11.5. The molecule has 1 N–H and O–H groups in total. The molecule has 16 heavy (non-hydrogen) atoms. The first-order valence-electron chi connectivity index (χ1n) is 6.18. The minimum absolute atomic E-state index is 0.544. The Hall–Kier alpha value is -0.690. The van der Waals surface area contributed by atoms with E-state index in [0.717, 1.165) is 16.5 Å². The molecule has 1 aromatic carbocycles. The first kappa shape index (κ1) is 11.8. The molecule has 0 amide bonds. The fourth-order valence-corrected chi connectivity index (χ4v) is 2.49. The zero-order valence-corrected chi connectivity index (χ0v) is 10.8. The molecule has 1 saturated carbocycles. The lowest BCUT2D eigenvalue weighted by molar-refractivity contribution is 0.286. The molecule has 1 aliphatic rings. The number of anilines is 1. The summed E-state index contributed by atoms with van der Waals surface area (Å²) in [5.74, 6) is 0.946. The molecule has 0 saturated heterocycles. The van der Waals surface area contributed by atoms with Crippen LogP contribution in [0.3, 0.4) is 0 Å². The van der Waals surface area contributed by atoms with Crippen molar-refractivity contribution in [2.75, 3.05) is 5.32 Å². The Labute approximate surface area is 103 Å². The summed E-state index contributed by atoms with van der Waals surface area (Å²) >= 11 is 6.10. The monoisotopic (exact) mass is 237 g/mol. The van der Waals surface area contributed by atoms with Gasteiger partial charge in [-0.05, 0) is 43.9 Å². The molecule has 0 bridgehead atoms. The predicted octanol–water partition coefficient (Wildman–Crippen LogP) is 4.64. The Morgan fingerprint density at radius 2 is 2.19 bits per heavy atom. The van der Waals surface area contributed by atoms with Crippen LogP contribution in [0.2, 0.25) is 5.02 Å². The van der Waals surface area contributed by atoms with E-state index in [1.807, 2.05) is 12.1 Å². The maximum atomic E-state index is 6.10. The van der Waals surface area contributed by atoms with Gasteiger partial charge >= 0.3 is 0 Å². The number of hydrogen-bond donors (Lipinski definition) is 1. The molecule has 88 valence electrons. The second-order valence-electron chi connectivity index (χ2n) is 4.99. The van der Waals surface area contributed by atoms with Crippen LogP contribution in [-0.4, -0.2) is 6.04 Å². The SMILES string of the molecule is Cc1c(Cl)cccc1NC(C)CC1CCC1. The highest BCUT2D eigenvalue weighted by atomic mass is 35.5. The van der Waals surface area contributed by atoms with Crippen molar-refractivity contribution in [3.05, 3.63) is 28.8 Å². The van der Waals surface area contributed by atoms with Crippen molar-refractivity contribution in [3.63, 3.8) is 0 Å². The normalized spacial score (nSPS) is 17.9. The molecule has 1 aliphatic carbocycles. The second-order valence-corrected chi connectivity index (χ2v) is 5.40. The van der Waals surface area contributed by atoms with E-state index in [2.05, 4.69) is 25.2 Å². The van der Waals surface area contributed by atoms with Crippen LogP contribution in [-0.2, 0) is 0 Å². The molecular weight excluding hydrogens is 218 g/mol. The van der Waals surface area contributed by atoms with E-state index >= 15 is 0 Å². The van der Waals surface area contributed by atoms with Crippen molar-refractivity contribution in [2.45, 2.75) is 45.6 Å². The third kappa shape index (κ3) is 2.70. The summed E-state index contributed by atoms with van der Waals surface area (Å²) < 4.78 is 0. The summed E-state index contributed by atoms with van der Waals surface area (Å²) in [6, 6.07) is 6.60. The lowest BCUT2D eigenvalue weighted by atomic mass is 9.81. The zero-order valence-electron chi connectivity index (χ0n) is 10.1. The second kappa shape index (κ2) is 5.09. The van der Waals surface area contributed by atoms with Gasteiger partial charge in [-0.25, -0.2) is 0 Å². The van der Waals surface area contributed by atoms with Crippen molar-refractivity contribution in [1.29, 1.82) is 0 Å². The van der Waals surface area contributed by atoms with Gasteiger partial charge in [-0.1, -0.05) is 36.9 Å². The van der Waals surface area contributed by atoms with Gasteiger partial charge in [0.25, 0.3) is 0 Å². The summed E-state index contributed by atoms with van der Waals surface area (Å²) in [5, 5.41) is 4.41. The summed E-state index contributed by atoms with van der Waals surface area (Å²) in [6.45, 7) is 4.33. The van der Waals surface area contributed by atoms with Crippen molar-refractivity contribution < 1.29 is 0 Å². The van der Waals surface area contributed by atoms with Crippen LogP contribution < -0.4 is 5.32 Å². The summed E-state index contributed by atoms with van der Waals surface area (Å²) in [4.78, 5) is 0. The van der Waals surface area contributed by atoms with Gasteiger partial charge in [0, 0.05) is 16.8 Å². The van der Waals surface area contributed by atoms with Crippen LogP contribution in [0, 0.1) is 12.8 Å². The highest BCUT2D eigenvalue weighted by molar-refractivity contribution is 6.31. The Kier molecular flexibility index (Phi) is 3.75. The van der Waals surface area contributed by atoms with Crippen molar-refractivity contribution in [3.8, 4) is 0 Å². The predicted molar refractivity (Wildman–Crippen MR) is 71.2 cm³/mol. The lowest BCUT2D eigenvalue weighted by Gasteiger charge is -2.29. The molecule has 0 radical (unpaired) electrons. The van der Waals surface area contributed by atoms with Crippen molar-refractivity contribution >= 4 is 17.3 Å². The summed E-state index contributed by atoms with van der Waals surface area (Å²) in [6.07, 6.45) is 5.54. The molecule has 0 heterocycles. The fourth-order valence-electron chi connectivity index (χ4n) is 2.32. The quantitative estimate of drug-likeness (QED) is 0.805. The Balaban J connectivity index is 1.94. The van der Waals surface area contributed by atoms with Gasteiger partial charge in [0.2, 0.25) is 0 Å². The molecule has 0 spiro atoms. The molecule has 2 heteroatoms. The highest BCUT2D eigenvalue weighted by Crippen LogP contribution is 2.31. The average molecular weight is 238 g/mol. The third-order valence-electron chi connectivity index (χ3n) is 3.58. The van der Waals surface area contributed by atoms with Crippen LogP contribution >= 0.6 is 11.6 Å². The number of halogens is 1. The van der Waals surface area contributed by atoms with E-state index in [-0.39, 0.29) is 0 Å². The van der Waals surface area contributed by atoms with Gasteiger partial charge in [-0.2, -0.15) is 0 Å². The Morgan fingerprint density at radius 3 is 2.81 bits per heavy atom. The van der Waals surface area contributed by atoms with Gasteiger partial charge in [0.15, 0.2) is 0 Å². The Bertz CT molecular complexity index is 358. The van der Waals surface area contributed by atoms with Crippen molar-refractivity contribution in [1.82, 2.24) is 0 Å². The van der Waals surface area contributed by atoms with Crippen LogP contribution in [0.1, 0.15) is 38.2 Å². The average Bonchev–Trinajstić information content (AvgIpc) is 2.19. The van der Waals surface area contributed by atoms with Crippen LogP contribution in [0.15, 0.2) is 18.2 Å². The molecule has 1 aromatic rings. The molecular formula is C14H20ClN. The largest absolute Gasteiger partial charge is 0.382 e.